The highest BCUT2D eigenvalue weighted by Gasteiger charge is 2.44. The van der Waals surface area contributed by atoms with Gasteiger partial charge >= 0.3 is 0 Å². The fourth-order valence-electron chi connectivity index (χ4n) is 5.50. The van der Waals surface area contributed by atoms with Crippen molar-refractivity contribution in [1.82, 2.24) is 24.8 Å². The number of nitrogens with zero attached hydrogens (tertiary/aromatic N) is 4. The number of benzene rings is 3. The predicted octanol–water partition coefficient (Wildman–Crippen LogP) is 3.52. The lowest BCUT2D eigenvalue weighted by atomic mass is 9.95. The largest absolute Gasteiger partial charge is 0.387 e. The molecule has 1 aliphatic heterocycles. The molecule has 2 aromatic heterocycles. The number of hydrogen-bond acceptors (Lipinski definition) is 8. The lowest BCUT2D eigenvalue weighted by Gasteiger charge is -2.19. The number of carbonyl (C=O) groups is 1. The summed E-state index contributed by atoms with van der Waals surface area (Å²) in [5, 5.41) is 30.2. The highest BCUT2D eigenvalue weighted by molar-refractivity contribution is 5.87. The molecule has 0 saturated carbocycles. The Bertz CT molecular complexity index is 1650. The van der Waals surface area contributed by atoms with E-state index < -0.39 is 24.5 Å². The van der Waals surface area contributed by atoms with Crippen molar-refractivity contribution in [1.29, 1.82) is 0 Å². The molecule has 0 radical (unpaired) electrons. The highest BCUT2D eigenvalue weighted by atomic mass is 16.6. The van der Waals surface area contributed by atoms with Crippen LogP contribution >= 0.6 is 0 Å². The predicted molar refractivity (Wildman–Crippen MR) is 155 cm³/mol. The highest BCUT2D eigenvalue weighted by Crippen LogP contribution is 2.32. The first-order chi connectivity index (χ1) is 20.0. The minimum absolute atomic E-state index is 0.0519. The lowest BCUT2D eigenvalue weighted by molar-refractivity contribution is -0.123. The Labute approximate surface area is 237 Å². The van der Waals surface area contributed by atoms with E-state index in [9.17, 15) is 15.0 Å². The summed E-state index contributed by atoms with van der Waals surface area (Å²) in [5.41, 5.74) is 3.02. The van der Waals surface area contributed by atoms with Crippen LogP contribution in [-0.2, 0) is 16.1 Å². The van der Waals surface area contributed by atoms with Gasteiger partial charge in [0.05, 0.1) is 12.2 Å². The van der Waals surface area contributed by atoms with Crippen molar-refractivity contribution in [2.24, 2.45) is 0 Å². The van der Waals surface area contributed by atoms with Crippen molar-refractivity contribution in [3.05, 3.63) is 96.6 Å². The third-order valence-corrected chi connectivity index (χ3v) is 7.70. The zero-order chi connectivity index (χ0) is 28.3. The van der Waals surface area contributed by atoms with Crippen LogP contribution in [0.15, 0.2) is 85.5 Å². The normalized spacial score (nSPS) is 21.2. The average Bonchev–Trinajstić information content (AvgIpc) is 3.56. The van der Waals surface area contributed by atoms with Crippen LogP contribution in [0.2, 0.25) is 0 Å². The summed E-state index contributed by atoms with van der Waals surface area (Å²) in [7, 11) is 0. The van der Waals surface area contributed by atoms with Crippen molar-refractivity contribution in [3.63, 3.8) is 0 Å². The van der Waals surface area contributed by atoms with Gasteiger partial charge in [0.1, 0.15) is 24.6 Å². The van der Waals surface area contributed by atoms with Crippen LogP contribution in [0.3, 0.4) is 0 Å². The van der Waals surface area contributed by atoms with Gasteiger partial charge in [0.15, 0.2) is 23.2 Å². The lowest BCUT2D eigenvalue weighted by Crippen LogP contribution is -2.41. The van der Waals surface area contributed by atoms with Gasteiger partial charge in [0, 0.05) is 13.1 Å². The molecule has 5 aromatic rings. The fraction of sp³-hybridized carbons (Fsp3) is 0.290. The molecule has 210 valence electrons. The second-order valence-electron chi connectivity index (χ2n) is 10.2. The number of aliphatic hydroxyl groups excluding tert-OH is 2. The molecule has 1 saturated heterocycles. The Hall–Kier alpha value is -4.38. The number of rotatable bonds is 9. The van der Waals surface area contributed by atoms with Crippen LogP contribution in [-0.4, -0.2) is 60.5 Å². The van der Waals surface area contributed by atoms with Crippen LogP contribution in [0, 0.1) is 0 Å². The van der Waals surface area contributed by atoms with Gasteiger partial charge in [0.2, 0.25) is 5.91 Å². The van der Waals surface area contributed by atoms with E-state index in [2.05, 4.69) is 49.9 Å². The Morgan fingerprint density at radius 2 is 1.76 bits per heavy atom. The standard InChI is InChI=1S/C31H32N6O4/c1-2-22(19-9-4-3-5-10-19)30(40)33-16-24-26(38)27(39)31(41-24)37-18-36-25-28(34-17-35-29(25)37)32-15-21-13-8-12-20-11-6-7-14-23(20)21/h3-14,17-18,22,24,26-27,31,38-39H,2,15-16H2,1H3,(H,33,40)(H,32,34,35)/t22?,24-,26-,27-,31-/m1/s1. The Morgan fingerprint density at radius 3 is 2.59 bits per heavy atom. The number of aromatic nitrogens is 4. The van der Waals surface area contributed by atoms with E-state index in [1.54, 1.807) is 4.57 Å². The summed E-state index contributed by atoms with van der Waals surface area (Å²) < 4.78 is 7.64. The SMILES string of the molecule is CCC(C(=O)NC[C@H]1O[C@@H](n2cnc3c(NCc4cccc5ccccc45)ncnc32)[C@H](O)[C@@H]1O)c1ccccc1. The minimum atomic E-state index is -1.24. The van der Waals surface area contributed by atoms with Crippen molar-refractivity contribution in [3.8, 4) is 0 Å². The van der Waals surface area contributed by atoms with Crippen LogP contribution in [0.4, 0.5) is 5.82 Å². The molecule has 6 rings (SSSR count). The van der Waals surface area contributed by atoms with Gasteiger partial charge in [-0.25, -0.2) is 15.0 Å². The first-order valence-corrected chi connectivity index (χ1v) is 13.8. The van der Waals surface area contributed by atoms with Gasteiger partial charge in [0.25, 0.3) is 0 Å². The quantitative estimate of drug-likeness (QED) is 0.218. The molecule has 4 N–H and O–H groups in total. The monoisotopic (exact) mass is 552 g/mol. The molecule has 1 fully saturated rings. The van der Waals surface area contributed by atoms with E-state index in [0.717, 1.165) is 21.9 Å². The number of nitrogens with one attached hydrogen (secondary N) is 2. The number of aliphatic hydroxyl groups is 2. The van der Waals surface area contributed by atoms with Crippen molar-refractivity contribution >= 4 is 33.7 Å². The van der Waals surface area contributed by atoms with Gasteiger partial charge in [-0.05, 0) is 28.3 Å². The van der Waals surface area contributed by atoms with Crippen LogP contribution in [0.25, 0.3) is 21.9 Å². The molecule has 1 amide bonds. The van der Waals surface area contributed by atoms with E-state index in [0.29, 0.717) is 29.9 Å². The molecule has 10 heteroatoms. The maximum Gasteiger partial charge on any atom is 0.227 e. The number of ether oxygens (including phenoxy) is 1. The zero-order valence-corrected chi connectivity index (χ0v) is 22.6. The van der Waals surface area contributed by atoms with E-state index in [-0.39, 0.29) is 18.4 Å². The molecule has 1 unspecified atom stereocenters. The summed E-state index contributed by atoms with van der Waals surface area (Å²) in [4.78, 5) is 26.2. The Morgan fingerprint density at radius 1 is 0.976 bits per heavy atom. The number of hydrogen-bond donors (Lipinski definition) is 4. The van der Waals surface area contributed by atoms with Crippen molar-refractivity contribution in [2.75, 3.05) is 11.9 Å². The molecule has 10 nitrogen and oxygen atoms in total. The van der Waals surface area contributed by atoms with Gasteiger partial charge in [-0.2, -0.15) is 0 Å². The van der Waals surface area contributed by atoms with Crippen LogP contribution in [0.5, 0.6) is 0 Å². The molecule has 41 heavy (non-hydrogen) atoms. The van der Waals surface area contributed by atoms with E-state index in [4.69, 9.17) is 4.74 Å². The summed E-state index contributed by atoms with van der Waals surface area (Å²) in [5.74, 6) is 0.0739. The van der Waals surface area contributed by atoms with E-state index >= 15 is 0 Å². The fourth-order valence-corrected chi connectivity index (χ4v) is 5.50. The van der Waals surface area contributed by atoms with Gasteiger partial charge in [-0.1, -0.05) is 79.7 Å². The zero-order valence-electron chi connectivity index (χ0n) is 22.6. The Balaban J connectivity index is 1.16. The van der Waals surface area contributed by atoms with E-state index in [1.165, 1.54) is 12.7 Å². The van der Waals surface area contributed by atoms with Crippen molar-refractivity contribution in [2.45, 2.75) is 50.3 Å². The molecule has 0 bridgehead atoms. The third kappa shape index (κ3) is 5.24. The maximum atomic E-state index is 12.9. The molecule has 3 aromatic carbocycles. The smallest absolute Gasteiger partial charge is 0.227 e. The second-order valence-corrected chi connectivity index (χ2v) is 10.2. The number of fused-ring (bicyclic) bond motifs is 2. The molecule has 5 atom stereocenters. The molecule has 3 heterocycles. The summed E-state index contributed by atoms with van der Waals surface area (Å²) in [6, 6.07) is 23.9. The Kier molecular flexibility index (Phi) is 7.60. The minimum Gasteiger partial charge on any atom is -0.387 e. The summed E-state index contributed by atoms with van der Waals surface area (Å²) in [6.07, 6.45) is -0.619. The van der Waals surface area contributed by atoms with Gasteiger partial charge in [-0.15, -0.1) is 0 Å². The average molecular weight is 553 g/mol. The third-order valence-electron chi connectivity index (χ3n) is 7.70. The maximum absolute atomic E-state index is 12.9. The number of anilines is 1. The molecule has 0 aliphatic carbocycles. The topological polar surface area (TPSA) is 134 Å². The molecular weight excluding hydrogens is 520 g/mol. The molecule has 1 aliphatic rings. The number of amides is 1. The second kappa shape index (κ2) is 11.6. The first kappa shape index (κ1) is 26.8. The van der Waals surface area contributed by atoms with Gasteiger partial charge < -0.3 is 25.6 Å². The number of carbonyl (C=O) groups excluding carboxylic acids is 1. The van der Waals surface area contributed by atoms with Gasteiger partial charge in [-0.3, -0.25) is 9.36 Å². The van der Waals surface area contributed by atoms with Crippen LogP contribution < -0.4 is 10.6 Å². The first-order valence-electron chi connectivity index (χ1n) is 13.8. The summed E-state index contributed by atoms with van der Waals surface area (Å²) >= 11 is 0. The molecular formula is C31H32N6O4. The summed E-state index contributed by atoms with van der Waals surface area (Å²) in [6.45, 7) is 2.54. The van der Waals surface area contributed by atoms with E-state index in [1.807, 2.05) is 55.5 Å². The number of imidazole rings is 1. The molecule has 0 spiro atoms. The van der Waals surface area contributed by atoms with Crippen molar-refractivity contribution < 1.29 is 19.7 Å². The van der Waals surface area contributed by atoms with Crippen LogP contribution in [0.1, 0.15) is 36.6 Å².